The molecule has 0 aliphatic carbocycles. The summed E-state index contributed by atoms with van der Waals surface area (Å²) in [6.07, 6.45) is 0. The van der Waals surface area contributed by atoms with Crippen LogP contribution in [0.2, 0.25) is 0 Å². The highest BCUT2D eigenvalue weighted by molar-refractivity contribution is 5.89. The fraction of sp³-hybridized carbons (Fsp3) is 0.350. The monoisotopic (exact) mass is 312 g/mol. The zero-order chi connectivity index (χ0) is 17.2. The van der Waals surface area contributed by atoms with Gasteiger partial charge in [-0.1, -0.05) is 39.0 Å². The van der Waals surface area contributed by atoms with Gasteiger partial charge in [-0.3, -0.25) is 0 Å². The van der Waals surface area contributed by atoms with Gasteiger partial charge in [-0.05, 0) is 59.7 Å². The molecule has 1 N–H and O–H groups in total. The van der Waals surface area contributed by atoms with Crippen molar-refractivity contribution in [3.05, 3.63) is 64.2 Å². The van der Waals surface area contributed by atoms with Crippen molar-refractivity contribution < 1.29 is 14.6 Å². The largest absolute Gasteiger partial charge is 0.508 e. The molecule has 0 heterocycles. The molecule has 0 aliphatic heterocycles. The normalized spacial score (nSPS) is 11.3. The molecule has 0 amide bonds. The second-order valence-corrected chi connectivity index (χ2v) is 6.97. The van der Waals surface area contributed by atoms with Crippen molar-refractivity contribution in [2.45, 2.75) is 46.6 Å². The molecule has 0 aliphatic rings. The second kappa shape index (κ2) is 6.45. The molecule has 0 radical (unpaired) electrons. The number of phenolic OH excluding ortho intramolecular Hbond substituents is 1. The quantitative estimate of drug-likeness (QED) is 0.838. The number of rotatable bonds is 3. The van der Waals surface area contributed by atoms with Crippen LogP contribution in [-0.2, 0) is 16.8 Å². The molecule has 0 fully saturated rings. The van der Waals surface area contributed by atoms with E-state index in [2.05, 4.69) is 32.9 Å². The minimum atomic E-state index is -0.431. The maximum atomic E-state index is 12.1. The summed E-state index contributed by atoms with van der Waals surface area (Å²) in [6, 6.07) is 10.5. The standard InChI is InChI=1S/C20H24O3/c1-13-9-16(20(3,4)5)10-14(2)18(13)12-23-19(22)15-7-6-8-17(21)11-15/h6-11,21H,12H2,1-5H3. The van der Waals surface area contributed by atoms with Crippen molar-refractivity contribution in [2.75, 3.05) is 0 Å². The Balaban J connectivity index is 2.16. The Morgan fingerprint density at radius 2 is 1.70 bits per heavy atom. The van der Waals surface area contributed by atoms with Crippen LogP contribution < -0.4 is 0 Å². The maximum absolute atomic E-state index is 12.1. The van der Waals surface area contributed by atoms with E-state index in [1.54, 1.807) is 12.1 Å². The number of hydrogen-bond donors (Lipinski definition) is 1. The van der Waals surface area contributed by atoms with Gasteiger partial charge in [-0.2, -0.15) is 0 Å². The van der Waals surface area contributed by atoms with Crippen molar-refractivity contribution in [3.63, 3.8) is 0 Å². The number of carbonyl (C=O) groups excluding carboxylic acids is 1. The summed E-state index contributed by atoms with van der Waals surface area (Å²) in [5, 5.41) is 9.43. The molecule has 2 aromatic carbocycles. The van der Waals surface area contributed by atoms with Gasteiger partial charge in [0, 0.05) is 0 Å². The van der Waals surface area contributed by atoms with Crippen molar-refractivity contribution in [2.24, 2.45) is 0 Å². The minimum absolute atomic E-state index is 0.0568. The lowest BCUT2D eigenvalue weighted by Gasteiger charge is -2.22. The highest BCUT2D eigenvalue weighted by Crippen LogP contribution is 2.27. The molecule has 0 unspecified atom stereocenters. The third-order valence-corrected chi connectivity index (χ3v) is 3.99. The number of hydrogen-bond acceptors (Lipinski definition) is 3. The molecule has 2 aromatic rings. The Hall–Kier alpha value is -2.29. The van der Waals surface area contributed by atoms with E-state index in [0.29, 0.717) is 5.56 Å². The smallest absolute Gasteiger partial charge is 0.338 e. The van der Waals surface area contributed by atoms with Crippen LogP contribution >= 0.6 is 0 Å². The third-order valence-electron chi connectivity index (χ3n) is 3.99. The Morgan fingerprint density at radius 1 is 1.09 bits per heavy atom. The van der Waals surface area contributed by atoms with Crippen molar-refractivity contribution >= 4 is 5.97 Å². The third kappa shape index (κ3) is 4.13. The zero-order valence-corrected chi connectivity index (χ0v) is 14.4. The molecule has 0 atom stereocenters. The van der Waals surface area contributed by atoms with Crippen LogP contribution in [0, 0.1) is 13.8 Å². The summed E-state index contributed by atoms with van der Waals surface area (Å²) < 4.78 is 5.41. The summed E-state index contributed by atoms with van der Waals surface area (Å²) in [7, 11) is 0. The number of aromatic hydroxyl groups is 1. The van der Waals surface area contributed by atoms with E-state index in [4.69, 9.17) is 4.74 Å². The first-order valence-corrected chi connectivity index (χ1v) is 7.75. The fourth-order valence-corrected chi connectivity index (χ4v) is 2.51. The average Bonchev–Trinajstić information content (AvgIpc) is 2.45. The molecule has 23 heavy (non-hydrogen) atoms. The first kappa shape index (κ1) is 17.1. The zero-order valence-electron chi connectivity index (χ0n) is 14.4. The Morgan fingerprint density at radius 3 is 2.22 bits per heavy atom. The van der Waals surface area contributed by atoms with E-state index in [-0.39, 0.29) is 17.8 Å². The summed E-state index contributed by atoms with van der Waals surface area (Å²) >= 11 is 0. The Bertz CT molecular complexity index is 701. The van der Waals surface area contributed by atoms with Crippen LogP contribution in [0.25, 0.3) is 0 Å². The van der Waals surface area contributed by atoms with Gasteiger partial charge in [0.2, 0.25) is 0 Å². The number of aryl methyl sites for hydroxylation is 2. The van der Waals surface area contributed by atoms with Crippen LogP contribution in [0.3, 0.4) is 0 Å². The van der Waals surface area contributed by atoms with Crippen molar-refractivity contribution in [1.29, 1.82) is 0 Å². The lowest BCUT2D eigenvalue weighted by atomic mass is 9.84. The van der Waals surface area contributed by atoms with Gasteiger partial charge in [0.15, 0.2) is 0 Å². The van der Waals surface area contributed by atoms with E-state index in [9.17, 15) is 9.90 Å². The summed E-state index contributed by atoms with van der Waals surface area (Å²) in [4.78, 5) is 12.1. The van der Waals surface area contributed by atoms with Gasteiger partial charge in [-0.15, -0.1) is 0 Å². The van der Waals surface area contributed by atoms with Crippen molar-refractivity contribution in [1.82, 2.24) is 0 Å². The molecular weight excluding hydrogens is 288 g/mol. The summed E-state index contributed by atoms with van der Waals surface area (Å²) in [5.41, 5.74) is 5.00. The molecule has 0 saturated carbocycles. The molecule has 0 spiro atoms. The van der Waals surface area contributed by atoms with Gasteiger partial charge in [0.05, 0.1) is 5.56 Å². The van der Waals surface area contributed by atoms with Gasteiger partial charge in [0.25, 0.3) is 0 Å². The number of ether oxygens (including phenoxy) is 1. The van der Waals surface area contributed by atoms with Crippen LogP contribution in [0.5, 0.6) is 5.75 Å². The number of phenols is 1. The Kier molecular flexibility index (Phi) is 4.79. The molecule has 122 valence electrons. The van der Waals surface area contributed by atoms with Gasteiger partial charge in [-0.25, -0.2) is 4.79 Å². The topological polar surface area (TPSA) is 46.5 Å². The fourth-order valence-electron chi connectivity index (χ4n) is 2.51. The first-order chi connectivity index (χ1) is 10.7. The molecule has 0 bridgehead atoms. The number of esters is 1. The lowest BCUT2D eigenvalue weighted by Crippen LogP contribution is -2.13. The van der Waals surface area contributed by atoms with Gasteiger partial charge < -0.3 is 9.84 Å². The predicted molar refractivity (Wildman–Crippen MR) is 91.8 cm³/mol. The summed E-state index contributed by atoms with van der Waals surface area (Å²) in [6.45, 7) is 10.9. The average molecular weight is 312 g/mol. The molecule has 0 aromatic heterocycles. The highest BCUT2D eigenvalue weighted by atomic mass is 16.5. The van der Waals surface area contributed by atoms with Crippen LogP contribution in [-0.4, -0.2) is 11.1 Å². The van der Waals surface area contributed by atoms with Crippen molar-refractivity contribution in [3.8, 4) is 5.75 Å². The number of benzene rings is 2. The van der Waals surface area contributed by atoms with E-state index < -0.39 is 5.97 Å². The van der Waals surface area contributed by atoms with E-state index >= 15 is 0 Å². The first-order valence-electron chi connectivity index (χ1n) is 7.75. The van der Waals surface area contributed by atoms with E-state index in [1.807, 2.05) is 13.8 Å². The number of carbonyl (C=O) groups is 1. The van der Waals surface area contributed by atoms with Gasteiger partial charge >= 0.3 is 5.97 Å². The lowest BCUT2D eigenvalue weighted by molar-refractivity contribution is 0.0471. The van der Waals surface area contributed by atoms with E-state index in [0.717, 1.165) is 16.7 Å². The molecule has 0 saturated heterocycles. The highest BCUT2D eigenvalue weighted by Gasteiger charge is 2.17. The van der Waals surface area contributed by atoms with E-state index in [1.165, 1.54) is 17.7 Å². The second-order valence-electron chi connectivity index (χ2n) is 6.97. The minimum Gasteiger partial charge on any atom is -0.508 e. The SMILES string of the molecule is Cc1cc(C(C)(C)C)cc(C)c1COC(=O)c1cccc(O)c1. The molecule has 3 heteroatoms. The summed E-state index contributed by atoms with van der Waals surface area (Å²) in [5.74, 6) is -0.374. The Labute approximate surface area is 137 Å². The van der Waals surface area contributed by atoms with Gasteiger partial charge in [0.1, 0.15) is 12.4 Å². The molecule has 2 rings (SSSR count). The molecule has 3 nitrogen and oxygen atoms in total. The van der Waals surface area contributed by atoms with Crippen LogP contribution in [0.1, 0.15) is 53.4 Å². The van der Waals surface area contributed by atoms with Crippen LogP contribution in [0.4, 0.5) is 0 Å². The predicted octanol–water partition coefficient (Wildman–Crippen LogP) is 4.66. The van der Waals surface area contributed by atoms with Crippen LogP contribution in [0.15, 0.2) is 36.4 Å². The molecular formula is C20H24O3. The maximum Gasteiger partial charge on any atom is 0.338 e.